The van der Waals surface area contributed by atoms with Crippen molar-refractivity contribution in [2.24, 2.45) is 0 Å². The summed E-state index contributed by atoms with van der Waals surface area (Å²) in [6, 6.07) is 13.2. The van der Waals surface area contributed by atoms with Crippen molar-refractivity contribution in [1.82, 2.24) is 4.90 Å². The number of carbonyl (C=O) groups is 1. The van der Waals surface area contributed by atoms with Gasteiger partial charge in [0.15, 0.2) is 0 Å². The third-order valence-electron chi connectivity index (χ3n) is 4.10. The first-order valence-electron chi connectivity index (χ1n) is 8.02. The van der Waals surface area contributed by atoms with E-state index in [1.54, 1.807) is 18.2 Å². The summed E-state index contributed by atoms with van der Waals surface area (Å²) >= 11 is 0. The van der Waals surface area contributed by atoms with Crippen LogP contribution in [-0.2, 0) is 6.42 Å². The molecule has 1 N–H and O–H groups in total. The summed E-state index contributed by atoms with van der Waals surface area (Å²) in [6.45, 7) is 0.944. The lowest BCUT2D eigenvalue weighted by atomic mass is 9.98. The Morgan fingerprint density at radius 3 is 2.75 bits per heavy atom. The molecule has 1 heterocycles. The second-order valence-electron chi connectivity index (χ2n) is 6.22. The fraction of sp³-hybridized carbons (Fsp3) is 0.250. The number of fused-ring (bicyclic) bond motifs is 2. The monoisotopic (exact) mass is 323 g/mol. The standard InChI is InChI=1S/C20H21NO3/c1-21(2)11-5-8-19-17-7-4-3-6-14(17)12-16-13-15(20(22)23)9-10-18(16)24-19/h3-4,6-10,13H,5,11-12H2,1-2H3,(H,22,23). The zero-order valence-corrected chi connectivity index (χ0v) is 14.0. The average Bonchev–Trinajstić information content (AvgIpc) is 2.70. The Bertz CT molecular complexity index is 793. The van der Waals surface area contributed by atoms with E-state index in [1.165, 1.54) is 0 Å². The molecule has 4 nitrogen and oxygen atoms in total. The normalized spacial score (nSPS) is 14.7. The molecule has 0 bridgehead atoms. The molecule has 0 fully saturated rings. The summed E-state index contributed by atoms with van der Waals surface area (Å²) in [6.07, 6.45) is 3.66. The van der Waals surface area contributed by atoms with E-state index in [2.05, 4.69) is 23.1 Å². The number of carboxylic acids is 1. The molecule has 3 rings (SSSR count). The lowest BCUT2D eigenvalue weighted by Crippen LogP contribution is -2.12. The van der Waals surface area contributed by atoms with Gasteiger partial charge in [0.25, 0.3) is 0 Å². The van der Waals surface area contributed by atoms with Gasteiger partial charge in [-0.25, -0.2) is 4.79 Å². The molecule has 2 aromatic carbocycles. The fourth-order valence-corrected chi connectivity index (χ4v) is 2.85. The van der Waals surface area contributed by atoms with Crippen molar-refractivity contribution in [2.75, 3.05) is 20.6 Å². The van der Waals surface area contributed by atoms with Gasteiger partial charge in [0.2, 0.25) is 0 Å². The first kappa shape index (κ1) is 16.3. The minimum absolute atomic E-state index is 0.287. The summed E-state index contributed by atoms with van der Waals surface area (Å²) in [7, 11) is 4.09. The van der Waals surface area contributed by atoms with Gasteiger partial charge in [-0.15, -0.1) is 0 Å². The predicted molar refractivity (Wildman–Crippen MR) is 94.4 cm³/mol. The van der Waals surface area contributed by atoms with E-state index in [1.807, 2.05) is 26.2 Å². The van der Waals surface area contributed by atoms with Gasteiger partial charge < -0.3 is 14.7 Å². The molecular formula is C20H21NO3. The maximum atomic E-state index is 11.2. The minimum Gasteiger partial charge on any atom is -0.478 e. The van der Waals surface area contributed by atoms with Gasteiger partial charge in [0.1, 0.15) is 11.5 Å². The second kappa shape index (κ2) is 6.89. The van der Waals surface area contributed by atoms with Crippen LogP contribution in [0.5, 0.6) is 5.75 Å². The van der Waals surface area contributed by atoms with Crippen LogP contribution < -0.4 is 4.74 Å². The molecule has 0 saturated heterocycles. The molecule has 0 atom stereocenters. The number of nitrogens with zero attached hydrogens (tertiary/aromatic N) is 1. The van der Waals surface area contributed by atoms with Gasteiger partial charge >= 0.3 is 5.97 Å². The number of carboxylic acid groups (broad SMARTS) is 1. The molecule has 0 saturated carbocycles. The molecule has 24 heavy (non-hydrogen) atoms. The Labute approximate surface area is 142 Å². The van der Waals surface area contributed by atoms with Crippen LogP contribution in [0, 0.1) is 0 Å². The van der Waals surface area contributed by atoms with Crippen LogP contribution in [0.1, 0.15) is 33.5 Å². The Hall–Kier alpha value is -2.59. The number of rotatable bonds is 4. The lowest BCUT2D eigenvalue weighted by Gasteiger charge is -2.12. The largest absolute Gasteiger partial charge is 0.478 e. The Morgan fingerprint density at radius 1 is 1.21 bits per heavy atom. The van der Waals surface area contributed by atoms with E-state index in [4.69, 9.17) is 4.74 Å². The van der Waals surface area contributed by atoms with Gasteiger partial charge in [-0.1, -0.05) is 24.3 Å². The fourth-order valence-electron chi connectivity index (χ4n) is 2.85. The summed E-state index contributed by atoms with van der Waals surface area (Å²) in [5.74, 6) is 0.652. The Morgan fingerprint density at radius 2 is 2.00 bits per heavy atom. The van der Waals surface area contributed by atoms with Crippen LogP contribution in [0.25, 0.3) is 5.76 Å². The zero-order valence-electron chi connectivity index (χ0n) is 14.0. The molecule has 1 aliphatic heterocycles. The van der Waals surface area contributed by atoms with Crippen LogP contribution in [0.2, 0.25) is 0 Å². The molecule has 0 spiro atoms. The van der Waals surface area contributed by atoms with E-state index in [-0.39, 0.29) is 5.56 Å². The SMILES string of the molecule is CN(C)CCC=C1Oc2ccc(C(=O)O)cc2Cc2ccccc21. The highest BCUT2D eigenvalue weighted by atomic mass is 16.5. The first-order valence-corrected chi connectivity index (χ1v) is 8.02. The van der Waals surface area contributed by atoms with Crippen LogP contribution in [0.4, 0.5) is 0 Å². The Kier molecular flexibility index (Phi) is 4.67. The quantitative estimate of drug-likeness (QED) is 0.933. The molecule has 0 unspecified atom stereocenters. The van der Waals surface area contributed by atoms with Crippen molar-refractivity contribution in [3.8, 4) is 5.75 Å². The summed E-state index contributed by atoms with van der Waals surface area (Å²) in [5.41, 5.74) is 3.41. The van der Waals surface area contributed by atoms with E-state index < -0.39 is 5.97 Å². The lowest BCUT2D eigenvalue weighted by molar-refractivity contribution is 0.0696. The van der Waals surface area contributed by atoms with Crippen molar-refractivity contribution in [1.29, 1.82) is 0 Å². The number of benzene rings is 2. The molecule has 0 aliphatic carbocycles. The van der Waals surface area contributed by atoms with Crippen molar-refractivity contribution in [3.05, 3.63) is 70.8 Å². The average molecular weight is 323 g/mol. The van der Waals surface area contributed by atoms with E-state index in [0.29, 0.717) is 6.42 Å². The van der Waals surface area contributed by atoms with E-state index in [9.17, 15) is 9.90 Å². The molecule has 0 radical (unpaired) electrons. The molecule has 1 aliphatic rings. The van der Waals surface area contributed by atoms with Gasteiger partial charge in [-0.3, -0.25) is 0 Å². The molecule has 0 amide bonds. The maximum Gasteiger partial charge on any atom is 0.335 e. The third-order valence-corrected chi connectivity index (χ3v) is 4.10. The number of hydrogen-bond acceptors (Lipinski definition) is 3. The van der Waals surface area contributed by atoms with Gasteiger partial charge in [-0.2, -0.15) is 0 Å². The van der Waals surface area contributed by atoms with Gasteiger partial charge in [0.05, 0.1) is 5.56 Å². The second-order valence-corrected chi connectivity index (χ2v) is 6.22. The number of ether oxygens (including phenoxy) is 1. The topological polar surface area (TPSA) is 49.8 Å². The number of aromatic carboxylic acids is 1. The third kappa shape index (κ3) is 3.49. The molecule has 2 aromatic rings. The molecule has 124 valence electrons. The zero-order chi connectivity index (χ0) is 17.1. The highest BCUT2D eigenvalue weighted by Gasteiger charge is 2.19. The highest BCUT2D eigenvalue weighted by Crippen LogP contribution is 2.34. The van der Waals surface area contributed by atoms with Crippen molar-refractivity contribution < 1.29 is 14.6 Å². The maximum absolute atomic E-state index is 11.2. The summed E-state index contributed by atoms with van der Waals surface area (Å²) in [5, 5.41) is 9.22. The van der Waals surface area contributed by atoms with Crippen LogP contribution in [-0.4, -0.2) is 36.6 Å². The molecular weight excluding hydrogens is 302 g/mol. The smallest absolute Gasteiger partial charge is 0.335 e. The van der Waals surface area contributed by atoms with E-state index >= 15 is 0 Å². The molecule has 4 heteroatoms. The Balaban J connectivity index is 2.02. The minimum atomic E-state index is -0.919. The predicted octanol–water partition coefficient (Wildman–Crippen LogP) is 3.66. The van der Waals surface area contributed by atoms with Crippen molar-refractivity contribution >= 4 is 11.7 Å². The first-order chi connectivity index (χ1) is 11.5. The van der Waals surface area contributed by atoms with Crippen LogP contribution in [0.15, 0.2) is 48.5 Å². The molecule has 0 aromatic heterocycles. The highest BCUT2D eigenvalue weighted by molar-refractivity contribution is 5.88. The van der Waals surface area contributed by atoms with Crippen molar-refractivity contribution in [3.63, 3.8) is 0 Å². The van der Waals surface area contributed by atoms with E-state index in [0.717, 1.165) is 41.2 Å². The van der Waals surface area contributed by atoms with Gasteiger partial charge in [-0.05, 0) is 50.4 Å². The van der Waals surface area contributed by atoms with Crippen LogP contribution in [0.3, 0.4) is 0 Å². The summed E-state index contributed by atoms with van der Waals surface area (Å²) < 4.78 is 6.15. The van der Waals surface area contributed by atoms with Gasteiger partial charge in [0, 0.05) is 24.1 Å². The summed E-state index contributed by atoms with van der Waals surface area (Å²) in [4.78, 5) is 13.4. The van der Waals surface area contributed by atoms with Crippen molar-refractivity contribution in [2.45, 2.75) is 12.8 Å². The van der Waals surface area contributed by atoms with Crippen LogP contribution >= 0.6 is 0 Å². The number of hydrogen-bond donors (Lipinski definition) is 1.